The number of carbonyl (C=O) groups is 1. The Morgan fingerprint density at radius 2 is 1.82 bits per heavy atom. The first-order valence-corrected chi connectivity index (χ1v) is 6.29. The number of rotatable bonds is 3. The lowest BCUT2D eigenvalue weighted by Gasteiger charge is -2.27. The van der Waals surface area contributed by atoms with Gasteiger partial charge in [0, 0.05) is 18.7 Å². The Balaban J connectivity index is 2.12. The van der Waals surface area contributed by atoms with E-state index in [0.29, 0.717) is 0 Å². The number of hydrogen-bond acceptors (Lipinski definition) is 2. The van der Waals surface area contributed by atoms with Crippen molar-refractivity contribution < 1.29 is 4.79 Å². The Bertz CT molecular complexity index is 413. The number of carbonyl (C=O) groups excluding carboxylic acids is 1. The van der Waals surface area contributed by atoms with E-state index in [0.717, 1.165) is 49.9 Å². The summed E-state index contributed by atoms with van der Waals surface area (Å²) in [5.41, 5.74) is 3.31. The summed E-state index contributed by atoms with van der Waals surface area (Å²) in [6.07, 6.45) is 5.38. The standard InChI is InChI=1S/C15H19NO/c1-2-16-9-7-13(8-10-16)11-14-5-3-4-6-15(14)12-17/h3-6,11-12H,2,7-10H2,1H3. The SMILES string of the molecule is CCN1CCC(=Cc2ccccc2C=O)CC1. The fourth-order valence-corrected chi connectivity index (χ4v) is 2.27. The highest BCUT2D eigenvalue weighted by Crippen LogP contribution is 2.20. The lowest BCUT2D eigenvalue weighted by Crippen LogP contribution is -2.30. The van der Waals surface area contributed by atoms with Crippen molar-refractivity contribution in [3.05, 3.63) is 41.0 Å². The molecule has 90 valence electrons. The van der Waals surface area contributed by atoms with Gasteiger partial charge < -0.3 is 4.90 Å². The van der Waals surface area contributed by atoms with Crippen molar-refractivity contribution >= 4 is 12.4 Å². The highest BCUT2D eigenvalue weighted by atomic mass is 16.1. The van der Waals surface area contributed by atoms with Gasteiger partial charge in [0.2, 0.25) is 0 Å². The molecule has 1 aromatic rings. The summed E-state index contributed by atoms with van der Waals surface area (Å²) in [5.74, 6) is 0. The Morgan fingerprint density at radius 1 is 1.18 bits per heavy atom. The topological polar surface area (TPSA) is 20.3 Å². The zero-order valence-electron chi connectivity index (χ0n) is 10.4. The van der Waals surface area contributed by atoms with Gasteiger partial charge >= 0.3 is 0 Å². The molecule has 0 unspecified atom stereocenters. The third kappa shape index (κ3) is 3.04. The number of hydrogen-bond donors (Lipinski definition) is 0. The molecule has 2 rings (SSSR count). The second-order valence-corrected chi connectivity index (χ2v) is 4.48. The van der Waals surface area contributed by atoms with Crippen molar-refractivity contribution in [2.75, 3.05) is 19.6 Å². The van der Waals surface area contributed by atoms with E-state index in [4.69, 9.17) is 0 Å². The molecule has 2 heteroatoms. The monoisotopic (exact) mass is 229 g/mol. The number of likely N-dealkylation sites (tertiary alicyclic amines) is 1. The van der Waals surface area contributed by atoms with E-state index in [1.165, 1.54) is 5.57 Å². The molecule has 17 heavy (non-hydrogen) atoms. The lowest BCUT2D eigenvalue weighted by molar-refractivity contribution is 0.112. The van der Waals surface area contributed by atoms with Crippen LogP contribution in [-0.4, -0.2) is 30.8 Å². The number of benzene rings is 1. The summed E-state index contributed by atoms with van der Waals surface area (Å²) in [4.78, 5) is 13.4. The molecule has 1 aliphatic heterocycles. The van der Waals surface area contributed by atoms with E-state index in [2.05, 4.69) is 17.9 Å². The smallest absolute Gasteiger partial charge is 0.150 e. The van der Waals surface area contributed by atoms with E-state index in [1.54, 1.807) is 0 Å². The minimum Gasteiger partial charge on any atom is -0.303 e. The van der Waals surface area contributed by atoms with Crippen LogP contribution in [0.4, 0.5) is 0 Å². The third-order valence-corrected chi connectivity index (χ3v) is 3.43. The molecule has 1 aromatic carbocycles. The summed E-state index contributed by atoms with van der Waals surface area (Å²) >= 11 is 0. The summed E-state index contributed by atoms with van der Waals surface area (Å²) in [5, 5.41) is 0. The molecule has 0 N–H and O–H groups in total. The van der Waals surface area contributed by atoms with Crippen LogP contribution in [0.15, 0.2) is 29.8 Å². The van der Waals surface area contributed by atoms with E-state index in [1.807, 2.05) is 24.3 Å². The maximum absolute atomic E-state index is 10.9. The lowest BCUT2D eigenvalue weighted by atomic mass is 9.99. The van der Waals surface area contributed by atoms with Gasteiger partial charge in [0.15, 0.2) is 6.29 Å². The second-order valence-electron chi connectivity index (χ2n) is 4.48. The van der Waals surface area contributed by atoms with Crippen LogP contribution in [0.25, 0.3) is 6.08 Å². The minimum atomic E-state index is 0.790. The van der Waals surface area contributed by atoms with Crippen LogP contribution < -0.4 is 0 Å². The molecule has 0 aliphatic carbocycles. The van der Waals surface area contributed by atoms with Crippen LogP contribution in [-0.2, 0) is 0 Å². The molecule has 1 aliphatic rings. The molecular weight excluding hydrogens is 210 g/mol. The van der Waals surface area contributed by atoms with Crippen molar-refractivity contribution in [1.29, 1.82) is 0 Å². The van der Waals surface area contributed by atoms with Gasteiger partial charge in [0.05, 0.1) is 0 Å². The van der Waals surface area contributed by atoms with Crippen molar-refractivity contribution in [1.82, 2.24) is 4.90 Å². The fraction of sp³-hybridized carbons (Fsp3) is 0.400. The largest absolute Gasteiger partial charge is 0.303 e. The van der Waals surface area contributed by atoms with Gasteiger partial charge in [0.1, 0.15) is 0 Å². The molecule has 2 nitrogen and oxygen atoms in total. The summed E-state index contributed by atoms with van der Waals surface area (Å²) < 4.78 is 0. The Hall–Kier alpha value is -1.41. The van der Waals surface area contributed by atoms with Gasteiger partial charge in [0.25, 0.3) is 0 Å². The zero-order valence-corrected chi connectivity index (χ0v) is 10.4. The van der Waals surface area contributed by atoms with Gasteiger partial charge in [-0.25, -0.2) is 0 Å². The second kappa shape index (κ2) is 5.78. The third-order valence-electron chi connectivity index (χ3n) is 3.43. The quantitative estimate of drug-likeness (QED) is 0.743. The highest BCUT2D eigenvalue weighted by Gasteiger charge is 2.12. The molecule has 0 atom stereocenters. The fourth-order valence-electron chi connectivity index (χ4n) is 2.27. The van der Waals surface area contributed by atoms with E-state index >= 15 is 0 Å². The Morgan fingerprint density at radius 3 is 2.41 bits per heavy atom. The van der Waals surface area contributed by atoms with Crippen molar-refractivity contribution in [3.63, 3.8) is 0 Å². The van der Waals surface area contributed by atoms with Gasteiger partial charge in [-0.15, -0.1) is 0 Å². The predicted octanol–water partition coefficient (Wildman–Crippen LogP) is 3.00. The molecule has 1 fully saturated rings. The molecule has 0 radical (unpaired) electrons. The Kier molecular flexibility index (Phi) is 4.10. The van der Waals surface area contributed by atoms with Crippen molar-refractivity contribution in [3.8, 4) is 0 Å². The number of nitrogens with zero attached hydrogens (tertiary/aromatic N) is 1. The molecular formula is C15H19NO. The van der Waals surface area contributed by atoms with Crippen molar-refractivity contribution in [2.24, 2.45) is 0 Å². The minimum absolute atomic E-state index is 0.790. The zero-order chi connectivity index (χ0) is 12.1. The van der Waals surface area contributed by atoms with E-state index in [9.17, 15) is 4.79 Å². The van der Waals surface area contributed by atoms with Crippen LogP contribution in [0.1, 0.15) is 35.7 Å². The van der Waals surface area contributed by atoms with Gasteiger partial charge in [-0.2, -0.15) is 0 Å². The number of aldehydes is 1. The van der Waals surface area contributed by atoms with Gasteiger partial charge in [-0.1, -0.05) is 42.8 Å². The average molecular weight is 229 g/mol. The normalized spacial score (nSPS) is 16.9. The van der Waals surface area contributed by atoms with Crippen LogP contribution in [0.5, 0.6) is 0 Å². The van der Waals surface area contributed by atoms with E-state index in [-0.39, 0.29) is 0 Å². The first-order valence-electron chi connectivity index (χ1n) is 6.29. The molecule has 1 saturated heterocycles. The predicted molar refractivity (Wildman–Crippen MR) is 71.2 cm³/mol. The maximum Gasteiger partial charge on any atom is 0.150 e. The van der Waals surface area contributed by atoms with Gasteiger partial charge in [-0.3, -0.25) is 4.79 Å². The van der Waals surface area contributed by atoms with E-state index < -0.39 is 0 Å². The van der Waals surface area contributed by atoms with Crippen LogP contribution in [0, 0.1) is 0 Å². The first-order chi connectivity index (χ1) is 8.33. The summed E-state index contributed by atoms with van der Waals surface area (Å²) in [7, 11) is 0. The summed E-state index contributed by atoms with van der Waals surface area (Å²) in [6.45, 7) is 5.63. The molecule has 0 spiro atoms. The Labute approximate surface area is 103 Å². The molecule has 0 aromatic heterocycles. The summed E-state index contributed by atoms with van der Waals surface area (Å²) in [6, 6.07) is 7.79. The van der Waals surface area contributed by atoms with Crippen LogP contribution in [0.2, 0.25) is 0 Å². The number of piperidine rings is 1. The van der Waals surface area contributed by atoms with Crippen molar-refractivity contribution in [2.45, 2.75) is 19.8 Å². The highest BCUT2D eigenvalue weighted by molar-refractivity contribution is 5.82. The first kappa shape index (κ1) is 12.1. The maximum atomic E-state index is 10.9. The molecule has 1 heterocycles. The molecule has 0 amide bonds. The average Bonchev–Trinajstić information content (AvgIpc) is 2.40. The molecule has 0 saturated carbocycles. The van der Waals surface area contributed by atoms with Crippen LogP contribution >= 0.6 is 0 Å². The van der Waals surface area contributed by atoms with Crippen LogP contribution in [0.3, 0.4) is 0 Å². The van der Waals surface area contributed by atoms with Gasteiger partial charge in [-0.05, 0) is 24.9 Å². The molecule has 0 bridgehead atoms.